The molecule has 0 aliphatic carbocycles. The van der Waals surface area contributed by atoms with Gasteiger partial charge in [-0.25, -0.2) is 4.79 Å². The van der Waals surface area contributed by atoms with Crippen LogP contribution in [0, 0.1) is 0 Å². The van der Waals surface area contributed by atoms with Crippen molar-refractivity contribution < 1.29 is 19.7 Å². The maximum Gasteiger partial charge on any atom is 0.328 e. The van der Waals surface area contributed by atoms with Gasteiger partial charge in [-0.1, -0.05) is 42.5 Å². The van der Waals surface area contributed by atoms with E-state index in [0.29, 0.717) is 5.75 Å². The van der Waals surface area contributed by atoms with Gasteiger partial charge in [0.1, 0.15) is 0 Å². The van der Waals surface area contributed by atoms with Gasteiger partial charge in [0.2, 0.25) is 0 Å². The van der Waals surface area contributed by atoms with Gasteiger partial charge in [0.25, 0.3) is 0 Å². The molecule has 0 amide bonds. The number of rotatable bonds is 5. The third-order valence-electron chi connectivity index (χ3n) is 2.84. The van der Waals surface area contributed by atoms with Crippen molar-refractivity contribution >= 4 is 12.0 Å². The lowest BCUT2D eigenvalue weighted by molar-refractivity contribution is -0.131. The van der Waals surface area contributed by atoms with E-state index in [1.165, 1.54) is 7.11 Å². The molecule has 0 heterocycles. The minimum Gasteiger partial charge on any atom is -0.504 e. The molecule has 2 rings (SSSR count). The van der Waals surface area contributed by atoms with Gasteiger partial charge in [0.15, 0.2) is 11.5 Å². The van der Waals surface area contributed by atoms with Crippen LogP contribution in [-0.2, 0) is 11.2 Å². The summed E-state index contributed by atoms with van der Waals surface area (Å²) in [6.07, 6.45) is 5.28. The second kappa shape index (κ2) is 9.84. The number of carbonyl (C=O) groups is 1. The van der Waals surface area contributed by atoms with Crippen molar-refractivity contribution in [3.63, 3.8) is 0 Å². The summed E-state index contributed by atoms with van der Waals surface area (Å²) in [5.41, 5.74) is 1.98. The second-order valence-corrected chi connectivity index (χ2v) is 4.58. The lowest BCUT2D eigenvalue weighted by Gasteiger charge is -2.04. The first-order valence-corrected chi connectivity index (χ1v) is 6.99. The Hall–Kier alpha value is -3.01. The van der Waals surface area contributed by atoms with Gasteiger partial charge in [0.05, 0.1) is 7.11 Å². The number of aromatic hydroxyl groups is 1. The Kier molecular flexibility index (Phi) is 7.72. The minimum atomic E-state index is -0.922. The van der Waals surface area contributed by atoms with Crippen LogP contribution in [0.25, 0.3) is 6.08 Å². The van der Waals surface area contributed by atoms with E-state index in [1.807, 2.05) is 42.5 Å². The van der Waals surface area contributed by atoms with E-state index in [2.05, 4.69) is 6.58 Å². The molecule has 0 atom stereocenters. The smallest absolute Gasteiger partial charge is 0.328 e. The SMILES string of the molecule is C=CCc1ccc(O)c(OC)c1.O=C(O)C=Cc1ccccc1. The molecule has 0 aliphatic rings. The molecule has 23 heavy (non-hydrogen) atoms. The lowest BCUT2D eigenvalue weighted by atomic mass is 10.1. The molecule has 0 aromatic heterocycles. The van der Waals surface area contributed by atoms with E-state index in [-0.39, 0.29) is 5.75 Å². The van der Waals surface area contributed by atoms with E-state index in [4.69, 9.17) is 9.84 Å². The van der Waals surface area contributed by atoms with Crippen LogP contribution in [0.2, 0.25) is 0 Å². The monoisotopic (exact) mass is 312 g/mol. The average Bonchev–Trinajstić information content (AvgIpc) is 2.56. The summed E-state index contributed by atoms with van der Waals surface area (Å²) in [7, 11) is 1.53. The molecular formula is C19H20O4. The highest BCUT2D eigenvalue weighted by Gasteiger charge is 2.00. The number of phenolic OH excluding ortho intramolecular Hbond substituents is 1. The summed E-state index contributed by atoms with van der Waals surface area (Å²) in [6.45, 7) is 3.63. The Bertz CT molecular complexity index is 660. The average molecular weight is 312 g/mol. The van der Waals surface area contributed by atoms with Crippen molar-refractivity contribution in [3.05, 3.63) is 78.4 Å². The van der Waals surface area contributed by atoms with Gasteiger partial charge in [0, 0.05) is 6.08 Å². The van der Waals surface area contributed by atoms with Crippen LogP contribution >= 0.6 is 0 Å². The highest BCUT2D eigenvalue weighted by Crippen LogP contribution is 2.26. The first kappa shape index (κ1) is 18.0. The minimum absolute atomic E-state index is 0.172. The van der Waals surface area contributed by atoms with Crippen LogP contribution in [0.5, 0.6) is 11.5 Å². The van der Waals surface area contributed by atoms with Crippen molar-refractivity contribution in [2.75, 3.05) is 7.11 Å². The quantitative estimate of drug-likeness (QED) is 0.649. The number of carboxylic acid groups (broad SMARTS) is 1. The number of phenols is 1. The van der Waals surface area contributed by atoms with E-state index < -0.39 is 5.97 Å². The molecule has 2 N–H and O–H groups in total. The molecule has 4 nitrogen and oxygen atoms in total. The zero-order chi connectivity index (χ0) is 17.1. The van der Waals surface area contributed by atoms with Crippen LogP contribution in [-0.4, -0.2) is 23.3 Å². The van der Waals surface area contributed by atoms with Gasteiger partial charge < -0.3 is 14.9 Å². The Labute approximate surface area is 136 Å². The highest BCUT2D eigenvalue weighted by molar-refractivity contribution is 5.85. The van der Waals surface area contributed by atoms with E-state index in [0.717, 1.165) is 23.6 Å². The van der Waals surface area contributed by atoms with Gasteiger partial charge in [-0.3, -0.25) is 0 Å². The van der Waals surface area contributed by atoms with Crippen molar-refractivity contribution in [3.8, 4) is 11.5 Å². The third kappa shape index (κ3) is 7.00. The van der Waals surface area contributed by atoms with Gasteiger partial charge >= 0.3 is 5.97 Å². The topological polar surface area (TPSA) is 66.8 Å². The van der Waals surface area contributed by atoms with Gasteiger partial charge in [-0.05, 0) is 35.8 Å². The molecule has 2 aromatic carbocycles. The fourth-order valence-electron chi connectivity index (χ4n) is 1.75. The van der Waals surface area contributed by atoms with Crippen molar-refractivity contribution in [2.24, 2.45) is 0 Å². The molecule has 0 fully saturated rings. The summed E-state index contributed by atoms with van der Waals surface area (Å²) in [4.78, 5) is 10.1. The van der Waals surface area contributed by atoms with Gasteiger partial charge in [-0.2, -0.15) is 0 Å². The number of benzene rings is 2. The van der Waals surface area contributed by atoms with Gasteiger partial charge in [-0.15, -0.1) is 6.58 Å². The molecule has 4 heteroatoms. The number of aliphatic carboxylic acids is 1. The number of methoxy groups -OCH3 is 1. The summed E-state index contributed by atoms with van der Waals surface area (Å²) in [6, 6.07) is 14.6. The van der Waals surface area contributed by atoms with Crippen LogP contribution < -0.4 is 4.74 Å². The lowest BCUT2D eigenvalue weighted by Crippen LogP contribution is -1.86. The van der Waals surface area contributed by atoms with Crippen LogP contribution in [0.15, 0.2) is 67.3 Å². The van der Waals surface area contributed by atoms with Crippen molar-refractivity contribution in [2.45, 2.75) is 6.42 Å². The summed E-state index contributed by atoms with van der Waals surface area (Å²) in [5.74, 6) is -0.242. The van der Waals surface area contributed by atoms with E-state index in [1.54, 1.807) is 18.2 Å². The summed E-state index contributed by atoms with van der Waals surface area (Å²) >= 11 is 0. The Morgan fingerprint density at radius 2 is 1.91 bits per heavy atom. The fourth-order valence-corrected chi connectivity index (χ4v) is 1.75. The molecule has 0 aliphatic heterocycles. The standard InChI is InChI=1S/C10H12O2.C9H8O2/c1-3-4-8-5-6-9(11)10(7-8)12-2;10-9(11)7-6-8-4-2-1-3-5-8/h3,5-7,11H,1,4H2,2H3;1-7H,(H,10,11). The van der Waals surface area contributed by atoms with Crippen molar-refractivity contribution in [1.29, 1.82) is 0 Å². The predicted molar refractivity (Wildman–Crippen MR) is 91.7 cm³/mol. The van der Waals surface area contributed by atoms with Crippen LogP contribution in [0.1, 0.15) is 11.1 Å². The first-order chi connectivity index (χ1) is 11.1. The molecule has 0 radical (unpaired) electrons. The zero-order valence-corrected chi connectivity index (χ0v) is 13.0. The number of carboxylic acids is 1. The molecule has 120 valence electrons. The largest absolute Gasteiger partial charge is 0.504 e. The summed E-state index contributed by atoms with van der Waals surface area (Å²) in [5, 5.41) is 17.5. The number of ether oxygens (including phenoxy) is 1. The maximum absolute atomic E-state index is 10.1. The maximum atomic E-state index is 10.1. The second-order valence-electron chi connectivity index (χ2n) is 4.58. The normalized spacial score (nSPS) is 9.78. The first-order valence-electron chi connectivity index (χ1n) is 6.99. The Morgan fingerprint density at radius 3 is 2.48 bits per heavy atom. The fraction of sp³-hybridized carbons (Fsp3) is 0.105. The molecule has 2 aromatic rings. The highest BCUT2D eigenvalue weighted by atomic mass is 16.5. The summed E-state index contributed by atoms with van der Waals surface area (Å²) < 4.78 is 4.95. The number of hydrogen-bond donors (Lipinski definition) is 2. The number of hydrogen-bond acceptors (Lipinski definition) is 3. The Morgan fingerprint density at radius 1 is 1.22 bits per heavy atom. The molecule has 0 spiro atoms. The predicted octanol–water partition coefficient (Wildman–Crippen LogP) is 3.91. The molecular weight excluding hydrogens is 292 g/mol. The van der Waals surface area contributed by atoms with Crippen molar-refractivity contribution in [1.82, 2.24) is 0 Å². The zero-order valence-electron chi connectivity index (χ0n) is 13.0. The molecule has 0 unspecified atom stereocenters. The van der Waals surface area contributed by atoms with Crippen LogP contribution in [0.3, 0.4) is 0 Å². The van der Waals surface area contributed by atoms with E-state index >= 15 is 0 Å². The van der Waals surface area contributed by atoms with Crippen LogP contribution in [0.4, 0.5) is 0 Å². The molecule has 0 saturated heterocycles. The Balaban J connectivity index is 0.000000231. The molecule has 0 saturated carbocycles. The van der Waals surface area contributed by atoms with E-state index in [9.17, 15) is 9.90 Å². The third-order valence-corrected chi connectivity index (χ3v) is 2.84. The number of allylic oxidation sites excluding steroid dienone is 1. The molecule has 0 bridgehead atoms.